The molecule has 0 saturated heterocycles. The molecule has 1 N–H and O–H groups in total. The van der Waals surface area contributed by atoms with Gasteiger partial charge in [0.25, 0.3) is 0 Å². The third-order valence-electron chi connectivity index (χ3n) is 3.60. The smallest absolute Gasteiger partial charge is 0.187 e. The van der Waals surface area contributed by atoms with E-state index in [9.17, 15) is 4.79 Å². The van der Waals surface area contributed by atoms with Crippen LogP contribution in [0.5, 0.6) is 0 Å². The standard InChI is InChI=1S/C19H21NO/c1-13-8-9-14(2)17(12-13)18(21)10-11-20-19-15(3)6-5-7-16(19)4/h5-12,20H,1-4H3. The highest BCUT2D eigenvalue weighted by atomic mass is 16.1. The third kappa shape index (κ3) is 3.60. The molecular formula is C19H21NO. The summed E-state index contributed by atoms with van der Waals surface area (Å²) >= 11 is 0. The number of benzene rings is 2. The highest BCUT2D eigenvalue weighted by Gasteiger charge is 2.06. The fourth-order valence-electron chi connectivity index (χ4n) is 2.33. The van der Waals surface area contributed by atoms with Crippen LogP contribution >= 0.6 is 0 Å². The van der Waals surface area contributed by atoms with Crippen LogP contribution in [0.4, 0.5) is 5.69 Å². The summed E-state index contributed by atoms with van der Waals surface area (Å²) < 4.78 is 0. The maximum absolute atomic E-state index is 12.3. The van der Waals surface area contributed by atoms with Crippen LogP contribution in [0.1, 0.15) is 32.6 Å². The van der Waals surface area contributed by atoms with Gasteiger partial charge in [0.2, 0.25) is 0 Å². The molecule has 0 aliphatic carbocycles. The Hall–Kier alpha value is -2.35. The van der Waals surface area contributed by atoms with Gasteiger partial charge in [-0.25, -0.2) is 0 Å². The van der Waals surface area contributed by atoms with Crippen LogP contribution in [-0.2, 0) is 0 Å². The second-order valence-electron chi connectivity index (χ2n) is 5.43. The van der Waals surface area contributed by atoms with Gasteiger partial charge in [-0.1, -0.05) is 35.9 Å². The molecule has 0 saturated carbocycles. The van der Waals surface area contributed by atoms with Gasteiger partial charge in [-0.05, 0) is 50.5 Å². The Bertz CT molecular complexity index is 678. The van der Waals surface area contributed by atoms with Crippen molar-refractivity contribution in [1.82, 2.24) is 0 Å². The molecular weight excluding hydrogens is 258 g/mol. The minimum absolute atomic E-state index is 0.0231. The molecule has 2 aromatic rings. The monoisotopic (exact) mass is 279 g/mol. The average molecular weight is 279 g/mol. The van der Waals surface area contributed by atoms with Crippen LogP contribution in [0.2, 0.25) is 0 Å². The van der Waals surface area contributed by atoms with Gasteiger partial charge in [-0.2, -0.15) is 0 Å². The van der Waals surface area contributed by atoms with Crippen LogP contribution in [-0.4, -0.2) is 5.78 Å². The van der Waals surface area contributed by atoms with E-state index in [4.69, 9.17) is 0 Å². The number of nitrogens with one attached hydrogen (secondary N) is 1. The Morgan fingerprint density at radius 3 is 2.29 bits per heavy atom. The maximum Gasteiger partial charge on any atom is 0.187 e. The Morgan fingerprint density at radius 2 is 1.62 bits per heavy atom. The van der Waals surface area contributed by atoms with Crippen LogP contribution in [0.25, 0.3) is 0 Å². The Morgan fingerprint density at radius 1 is 0.952 bits per heavy atom. The number of hydrogen-bond acceptors (Lipinski definition) is 2. The molecule has 0 bridgehead atoms. The molecule has 0 atom stereocenters. The van der Waals surface area contributed by atoms with Crippen molar-refractivity contribution in [3.05, 3.63) is 76.5 Å². The number of hydrogen-bond donors (Lipinski definition) is 1. The van der Waals surface area contributed by atoms with Gasteiger partial charge < -0.3 is 5.32 Å². The lowest BCUT2D eigenvalue weighted by Crippen LogP contribution is -2.00. The average Bonchev–Trinajstić information content (AvgIpc) is 2.44. The van der Waals surface area contributed by atoms with Gasteiger partial charge in [0.05, 0.1) is 0 Å². The van der Waals surface area contributed by atoms with E-state index in [-0.39, 0.29) is 5.78 Å². The first-order valence-corrected chi connectivity index (χ1v) is 7.10. The zero-order valence-corrected chi connectivity index (χ0v) is 13.0. The zero-order valence-electron chi connectivity index (χ0n) is 13.0. The van der Waals surface area contributed by atoms with E-state index in [1.807, 2.05) is 38.1 Å². The van der Waals surface area contributed by atoms with E-state index < -0.39 is 0 Å². The van der Waals surface area contributed by atoms with E-state index in [1.54, 1.807) is 12.3 Å². The highest BCUT2D eigenvalue weighted by molar-refractivity contribution is 6.05. The summed E-state index contributed by atoms with van der Waals surface area (Å²) in [6, 6.07) is 12.1. The molecule has 0 spiro atoms. The van der Waals surface area contributed by atoms with Crippen molar-refractivity contribution in [3.63, 3.8) is 0 Å². The van der Waals surface area contributed by atoms with Gasteiger partial charge in [0.1, 0.15) is 0 Å². The number of aryl methyl sites for hydroxylation is 4. The molecule has 108 valence electrons. The largest absolute Gasteiger partial charge is 0.361 e. The Balaban J connectivity index is 2.15. The highest BCUT2D eigenvalue weighted by Crippen LogP contribution is 2.19. The van der Waals surface area contributed by atoms with E-state index in [0.29, 0.717) is 0 Å². The van der Waals surface area contributed by atoms with Gasteiger partial charge in [0, 0.05) is 23.5 Å². The summed E-state index contributed by atoms with van der Waals surface area (Å²) in [4.78, 5) is 12.3. The first kappa shape index (κ1) is 15.0. The predicted octanol–water partition coefficient (Wildman–Crippen LogP) is 4.73. The van der Waals surface area contributed by atoms with Crippen molar-refractivity contribution >= 4 is 11.5 Å². The molecule has 0 aromatic heterocycles. The summed E-state index contributed by atoms with van der Waals surface area (Å²) in [5.74, 6) is 0.0231. The molecule has 0 aliphatic rings. The number of carbonyl (C=O) groups excluding carboxylic acids is 1. The van der Waals surface area contributed by atoms with Gasteiger partial charge in [0.15, 0.2) is 5.78 Å². The van der Waals surface area contributed by atoms with Crippen molar-refractivity contribution in [2.24, 2.45) is 0 Å². The molecule has 0 heterocycles. The molecule has 2 heteroatoms. The molecule has 2 nitrogen and oxygen atoms in total. The Labute approximate surface area is 126 Å². The number of rotatable bonds is 4. The van der Waals surface area contributed by atoms with Crippen molar-refractivity contribution in [1.29, 1.82) is 0 Å². The minimum atomic E-state index is 0.0231. The fraction of sp³-hybridized carbons (Fsp3) is 0.211. The second-order valence-corrected chi connectivity index (χ2v) is 5.43. The van der Waals surface area contributed by atoms with Crippen LogP contribution in [0.15, 0.2) is 48.7 Å². The van der Waals surface area contributed by atoms with Crippen LogP contribution in [0.3, 0.4) is 0 Å². The van der Waals surface area contributed by atoms with E-state index >= 15 is 0 Å². The van der Waals surface area contributed by atoms with Crippen LogP contribution < -0.4 is 5.32 Å². The topological polar surface area (TPSA) is 29.1 Å². The van der Waals surface area contributed by atoms with Crippen molar-refractivity contribution in [2.75, 3.05) is 5.32 Å². The molecule has 0 aliphatic heterocycles. The Kier molecular flexibility index (Phi) is 4.59. The summed E-state index contributed by atoms with van der Waals surface area (Å²) in [6.45, 7) is 8.06. The number of ketones is 1. The quantitative estimate of drug-likeness (QED) is 0.647. The van der Waals surface area contributed by atoms with Gasteiger partial charge in [-0.3, -0.25) is 4.79 Å². The molecule has 21 heavy (non-hydrogen) atoms. The minimum Gasteiger partial charge on any atom is -0.361 e. The zero-order chi connectivity index (χ0) is 15.4. The second kappa shape index (κ2) is 6.40. The third-order valence-corrected chi connectivity index (χ3v) is 3.60. The molecule has 0 radical (unpaired) electrons. The van der Waals surface area contributed by atoms with E-state index in [0.717, 1.165) is 22.4 Å². The van der Waals surface area contributed by atoms with E-state index in [2.05, 4.69) is 31.3 Å². The molecule has 0 amide bonds. The first-order chi connectivity index (χ1) is 9.99. The van der Waals surface area contributed by atoms with Crippen molar-refractivity contribution < 1.29 is 4.79 Å². The van der Waals surface area contributed by atoms with Gasteiger partial charge in [-0.15, -0.1) is 0 Å². The summed E-state index contributed by atoms with van der Waals surface area (Å²) in [5.41, 5.74) is 6.25. The first-order valence-electron chi connectivity index (χ1n) is 7.10. The number of anilines is 1. The lowest BCUT2D eigenvalue weighted by atomic mass is 10.0. The molecule has 2 rings (SSSR count). The molecule has 2 aromatic carbocycles. The number of para-hydroxylation sites is 1. The molecule has 0 unspecified atom stereocenters. The summed E-state index contributed by atoms with van der Waals surface area (Å²) in [6.07, 6.45) is 3.31. The lowest BCUT2D eigenvalue weighted by molar-refractivity contribution is 0.104. The normalized spacial score (nSPS) is 10.9. The lowest BCUT2D eigenvalue weighted by Gasteiger charge is -2.09. The predicted molar refractivity (Wildman–Crippen MR) is 88.9 cm³/mol. The van der Waals surface area contributed by atoms with Crippen molar-refractivity contribution in [3.8, 4) is 0 Å². The summed E-state index contributed by atoms with van der Waals surface area (Å²) in [5, 5.41) is 3.21. The van der Waals surface area contributed by atoms with Gasteiger partial charge >= 0.3 is 0 Å². The SMILES string of the molecule is Cc1ccc(C)c(C(=O)C=CNc2c(C)cccc2C)c1. The van der Waals surface area contributed by atoms with Crippen LogP contribution in [0, 0.1) is 27.7 Å². The summed E-state index contributed by atoms with van der Waals surface area (Å²) in [7, 11) is 0. The number of carbonyl (C=O) groups is 1. The fourth-order valence-corrected chi connectivity index (χ4v) is 2.33. The number of allylic oxidation sites excluding steroid dienone is 1. The molecule has 0 fully saturated rings. The van der Waals surface area contributed by atoms with E-state index in [1.165, 1.54) is 11.1 Å². The maximum atomic E-state index is 12.3. The van der Waals surface area contributed by atoms with Crippen molar-refractivity contribution in [2.45, 2.75) is 27.7 Å².